The third kappa shape index (κ3) is 3.00. The molecule has 0 aliphatic heterocycles. The normalized spacial score (nSPS) is 17.8. The minimum absolute atomic E-state index is 0.0567. The smallest absolute Gasteiger partial charge is 0.207 e. The molecule has 0 saturated heterocycles. The van der Waals surface area contributed by atoms with Crippen LogP contribution in [-0.4, -0.2) is 24.8 Å². The largest absolute Gasteiger partial charge is 0.243 e. The van der Waals surface area contributed by atoms with Crippen LogP contribution in [0.3, 0.4) is 0 Å². The van der Waals surface area contributed by atoms with Crippen molar-refractivity contribution in [3.05, 3.63) is 29.0 Å². The van der Waals surface area contributed by atoms with E-state index >= 15 is 0 Å². The predicted molar refractivity (Wildman–Crippen MR) is 77.8 cm³/mol. The summed E-state index contributed by atoms with van der Waals surface area (Å²) in [4.78, 5) is 0.0586. The zero-order chi connectivity index (χ0) is 15.1. The van der Waals surface area contributed by atoms with Gasteiger partial charge in [0.2, 0.25) is 10.0 Å². The number of sulfonamides is 1. The lowest BCUT2D eigenvalue weighted by Gasteiger charge is -2.31. The molecule has 0 heterocycles. The Hall–Kier alpha value is -0.650. The Bertz CT molecular complexity index is 599. The lowest BCUT2D eigenvalue weighted by molar-refractivity contribution is 0.269. The van der Waals surface area contributed by atoms with Crippen molar-refractivity contribution >= 4 is 21.6 Å². The average Bonchev–Trinajstić information content (AvgIpc) is 3.16. The fourth-order valence-electron chi connectivity index (χ4n) is 2.13. The Kier molecular flexibility index (Phi) is 4.42. The van der Waals surface area contributed by atoms with Gasteiger partial charge < -0.3 is 0 Å². The minimum atomic E-state index is -3.64. The highest BCUT2D eigenvalue weighted by atomic mass is 35.5. The molecular formula is C14H19ClFNO2S. The van der Waals surface area contributed by atoms with Crippen LogP contribution in [0.5, 0.6) is 0 Å². The molecule has 1 fully saturated rings. The van der Waals surface area contributed by atoms with E-state index in [-0.39, 0.29) is 27.9 Å². The highest BCUT2D eigenvalue weighted by Gasteiger charge is 2.41. The van der Waals surface area contributed by atoms with Crippen LogP contribution in [0.15, 0.2) is 23.1 Å². The molecule has 0 bridgehead atoms. The molecule has 2 rings (SSSR count). The molecule has 0 aromatic heterocycles. The maximum atomic E-state index is 13.2. The van der Waals surface area contributed by atoms with Crippen molar-refractivity contribution in [3.8, 4) is 0 Å². The summed E-state index contributed by atoms with van der Waals surface area (Å²) in [6.45, 7) is 5.89. The van der Waals surface area contributed by atoms with E-state index in [1.54, 1.807) is 4.31 Å². The van der Waals surface area contributed by atoms with Gasteiger partial charge in [0.05, 0.1) is 9.92 Å². The van der Waals surface area contributed by atoms with Crippen molar-refractivity contribution in [3.63, 3.8) is 0 Å². The molecular weight excluding hydrogens is 301 g/mol. The van der Waals surface area contributed by atoms with Gasteiger partial charge in [0, 0.05) is 12.1 Å². The third-order valence-electron chi connectivity index (χ3n) is 3.74. The lowest BCUT2D eigenvalue weighted by atomic mass is 10.1. The maximum Gasteiger partial charge on any atom is 0.243 e. The van der Waals surface area contributed by atoms with E-state index in [9.17, 15) is 12.8 Å². The summed E-state index contributed by atoms with van der Waals surface area (Å²) in [6.07, 6.45) is 1.76. The number of hydrogen-bond donors (Lipinski definition) is 0. The minimum Gasteiger partial charge on any atom is -0.207 e. The molecule has 1 aromatic carbocycles. The zero-order valence-corrected chi connectivity index (χ0v) is 13.4. The lowest BCUT2D eigenvalue weighted by Crippen LogP contribution is -2.43. The van der Waals surface area contributed by atoms with Gasteiger partial charge in [-0.05, 0) is 43.9 Å². The first kappa shape index (κ1) is 15.7. The van der Waals surface area contributed by atoms with E-state index in [4.69, 9.17) is 11.6 Å². The average molecular weight is 320 g/mol. The van der Waals surface area contributed by atoms with Crippen LogP contribution in [0, 0.1) is 11.7 Å². The van der Waals surface area contributed by atoms with Crippen LogP contribution in [0.4, 0.5) is 4.39 Å². The first-order valence-electron chi connectivity index (χ1n) is 6.73. The number of nitrogens with zero attached hydrogens (tertiary/aromatic N) is 1. The topological polar surface area (TPSA) is 37.4 Å². The molecule has 1 aliphatic carbocycles. The fourth-order valence-corrected chi connectivity index (χ4v) is 4.41. The standard InChI is InChI=1S/C14H19ClFNO2S/c1-9(2)10(3)17(11-4-5-11)20(18,19)12-6-7-14(16)13(15)8-12/h6-11H,4-5H2,1-3H3/t10-/m0/s1. The maximum absolute atomic E-state index is 13.2. The van der Waals surface area contributed by atoms with Crippen molar-refractivity contribution in [2.75, 3.05) is 0 Å². The highest BCUT2D eigenvalue weighted by molar-refractivity contribution is 7.89. The molecule has 1 aliphatic rings. The van der Waals surface area contributed by atoms with Crippen molar-refractivity contribution in [2.45, 2.75) is 50.6 Å². The molecule has 6 heteroatoms. The van der Waals surface area contributed by atoms with Crippen molar-refractivity contribution in [2.24, 2.45) is 5.92 Å². The molecule has 1 aromatic rings. The summed E-state index contributed by atoms with van der Waals surface area (Å²) in [6, 6.07) is 3.52. The van der Waals surface area contributed by atoms with Gasteiger partial charge in [0.15, 0.2) is 0 Å². The van der Waals surface area contributed by atoms with E-state index in [0.29, 0.717) is 0 Å². The highest BCUT2D eigenvalue weighted by Crippen LogP contribution is 2.36. The first-order chi connectivity index (χ1) is 9.25. The van der Waals surface area contributed by atoms with Gasteiger partial charge in [-0.15, -0.1) is 0 Å². The third-order valence-corrected chi connectivity index (χ3v) is 6.06. The van der Waals surface area contributed by atoms with Gasteiger partial charge in [-0.1, -0.05) is 25.4 Å². The fraction of sp³-hybridized carbons (Fsp3) is 0.571. The molecule has 20 heavy (non-hydrogen) atoms. The van der Waals surface area contributed by atoms with E-state index in [1.807, 2.05) is 20.8 Å². The molecule has 0 amide bonds. The summed E-state index contributed by atoms with van der Waals surface area (Å²) in [5.74, 6) is -0.401. The van der Waals surface area contributed by atoms with Crippen molar-refractivity contribution in [1.82, 2.24) is 4.31 Å². The summed E-state index contributed by atoms with van der Waals surface area (Å²) in [5, 5.41) is -0.168. The van der Waals surface area contributed by atoms with Crippen LogP contribution in [0.25, 0.3) is 0 Å². The molecule has 0 N–H and O–H groups in total. The van der Waals surface area contributed by atoms with E-state index in [2.05, 4.69) is 0 Å². The van der Waals surface area contributed by atoms with Gasteiger partial charge in [0.25, 0.3) is 0 Å². The van der Waals surface area contributed by atoms with Gasteiger partial charge >= 0.3 is 0 Å². The molecule has 1 atom stereocenters. The molecule has 112 valence electrons. The summed E-state index contributed by atoms with van der Waals surface area (Å²) in [7, 11) is -3.64. The molecule has 3 nitrogen and oxygen atoms in total. The van der Waals surface area contributed by atoms with Crippen LogP contribution >= 0.6 is 11.6 Å². The second-order valence-electron chi connectivity index (χ2n) is 5.63. The molecule has 0 radical (unpaired) electrons. The molecule has 0 spiro atoms. The van der Waals surface area contributed by atoms with E-state index < -0.39 is 15.8 Å². The SMILES string of the molecule is CC(C)[C@H](C)N(C1CC1)S(=O)(=O)c1ccc(F)c(Cl)c1. The Labute approximate surface area is 124 Å². The Balaban J connectivity index is 2.42. The van der Waals surface area contributed by atoms with E-state index in [0.717, 1.165) is 18.9 Å². The quantitative estimate of drug-likeness (QED) is 0.830. The van der Waals surface area contributed by atoms with E-state index in [1.165, 1.54) is 12.1 Å². The van der Waals surface area contributed by atoms with Gasteiger partial charge in [-0.3, -0.25) is 0 Å². The predicted octanol–water partition coefficient (Wildman–Crippen LogP) is 3.68. The number of hydrogen-bond acceptors (Lipinski definition) is 2. The van der Waals surface area contributed by atoms with Crippen LogP contribution in [0.1, 0.15) is 33.6 Å². The van der Waals surface area contributed by atoms with Gasteiger partial charge in [-0.25, -0.2) is 12.8 Å². The van der Waals surface area contributed by atoms with Gasteiger partial charge in [0.1, 0.15) is 5.82 Å². The monoisotopic (exact) mass is 319 g/mol. The summed E-state index contributed by atoms with van der Waals surface area (Å²) in [5.41, 5.74) is 0. The van der Waals surface area contributed by atoms with Crippen LogP contribution in [0.2, 0.25) is 5.02 Å². The first-order valence-corrected chi connectivity index (χ1v) is 8.55. The Morgan fingerprint density at radius 2 is 1.90 bits per heavy atom. The number of halogens is 2. The number of rotatable bonds is 5. The summed E-state index contributed by atoms with van der Waals surface area (Å²) < 4.78 is 40.3. The molecule has 1 saturated carbocycles. The Morgan fingerprint density at radius 1 is 1.30 bits per heavy atom. The molecule has 0 unspecified atom stereocenters. The van der Waals surface area contributed by atoms with Crippen LogP contribution in [-0.2, 0) is 10.0 Å². The van der Waals surface area contributed by atoms with Crippen molar-refractivity contribution in [1.29, 1.82) is 0 Å². The van der Waals surface area contributed by atoms with Gasteiger partial charge in [-0.2, -0.15) is 4.31 Å². The van der Waals surface area contributed by atoms with Crippen molar-refractivity contribution < 1.29 is 12.8 Å². The zero-order valence-electron chi connectivity index (χ0n) is 11.8. The second kappa shape index (κ2) is 5.62. The van der Waals surface area contributed by atoms with Crippen LogP contribution < -0.4 is 0 Å². The number of benzene rings is 1. The Morgan fingerprint density at radius 3 is 2.35 bits per heavy atom. The second-order valence-corrected chi connectivity index (χ2v) is 7.88. The summed E-state index contributed by atoms with van der Waals surface area (Å²) >= 11 is 5.70.